The van der Waals surface area contributed by atoms with E-state index < -0.39 is 5.91 Å². The minimum absolute atomic E-state index is 0.180. The molecule has 5 nitrogen and oxygen atoms in total. The Morgan fingerprint density at radius 3 is 2.55 bits per heavy atom. The van der Waals surface area contributed by atoms with E-state index in [2.05, 4.69) is 31.4 Å². The Kier molecular flexibility index (Phi) is 6.39. The molecule has 1 heterocycles. The van der Waals surface area contributed by atoms with E-state index in [4.69, 9.17) is 18.0 Å². The fourth-order valence-corrected chi connectivity index (χ4v) is 5.38. The van der Waals surface area contributed by atoms with Crippen LogP contribution in [0.5, 0.6) is 0 Å². The first-order valence-electron chi connectivity index (χ1n) is 9.74. The zero-order chi connectivity index (χ0) is 21.2. The highest BCUT2D eigenvalue weighted by atomic mass is 32.1. The average Bonchev–Trinajstić information content (AvgIpc) is 2.98. The van der Waals surface area contributed by atoms with Crippen LogP contribution in [0.2, 0.25) is 0 Å². The summed E-state index contributed by atoms with van der Waals surface area (Å²) in [6.45, 7) is 6.76. The van der Waals surface area contributed by atoms with E-state index in [1.165, 1.54) is 16.2 Å². The largest absolute Gasteiger partial charge is 0.365 e. The molecule has 1 aromatic heterocycles. The number of amides is 2. The second-order valence-corrected chi connectivity index (χ2v) is 10.1. The van der Waals surface area contributed by atoms with Crippen LogP contribution in [0, 0.1) is 11.3 Å². The van der Waals surface area contributed by atoms with Gasteiger partial charge in [-0.1, -0.05) is 51.1 Å². The van der Waals surface area contributed by atoms with Crippen molar-refractivity contribution >= 4 is 45.5 Å². The number of rotatable bonds is 4. The lowest BCUT2D eigenvalue weighted by molar-refractivity contribution is -0.119. The third-order valence-electron chi connectivity index (χ3n) is 5.42. The lowest BCUT2D eigenvalue weighted by Crippen LogP contribution is -2.35. The first-order chi connectivity index (χ1) is 13.6. The number of carbonyl (C=O) groups is 2. The van der Waals surface area contributed by atoms with E-state index in [1.807, 2.05) is 30.3 Å². The van der Waals surface area contributed by atoms with Crippen molar-refractivity contribution in [2.75, 3.05) is 5.32 Å². The molecule has 4 N–H and O–H groups in total. The number of anilines is 1. The highest BCUT2D eigenvalue weighted by Gasteiger charge is 2.33. The molecule has 1 aliphatic rings. The quantitative estimate of drug-likeness (QED) is 0.640. The van der Waals surface area contributed by atoms with Crippen molar-refractivity contribution in [3.8, 4) is 0 Å². The molecular formula is C22H27N3O2S2. The van der Waals surface area contributed by atoms with E-state index in [0.29, 0.717) is 16.5 Å². The maximum Gasteiger partial charge on any atom is 0.251 e. The van der Waals surface area contributed by atoms with Gasteiger partial charge in [-0.25, -0.2) is 0 Å². The van der Waals surface area contributed by atoms with E-state index in [-0.39, 0.29) is 22.9 Å². The molecule has 0 saturated heterocycles. The monoisotopic (exact) mass is 429 g/mol. The highest BCUT2D eigenvalue weighted by molar-refractivity contribution is 7.80. The molecule has 7 heteroatoms. The molecule has 2 amide bonds. The van der Waals surface area contributed by atoms with Crippen LogP contribution in [0.15, 0.2) is 30.3 Å². The highest BCUT2D eigenvalue weighted by Crippen LogP contribution is 2.44. The Morgan fingerprint density at radius 1 is 1.24 bits per heavy atom. The van der Waals surface area contributed by atoms with Crippen molar-refractivity contribution in [3.05, 3.63) is 51.9 Å². The Bertz CT molecular complexity index is 930. The van der Waals surface area contributed by atoms with Gasteiger partial charge in [-0.05, 0) is 53.9 Å². The van der Waals surface area contributed by atoms with Crippen LogP contribution in [0.1, 0.15) is 53.6 Å². The van der Waals surface area contributed by atoms with Crippen LogP contribution in [-0.4, -0.2) is 16.9 Å². The number of fused-ring (bicyclic) bond motifs is 1. The number of primary amides is 1. The summed E-state index contributed by atoms with van der Waals surface area (Å²) in [6, 6.07) is 9.46. The summed E-state index contributed by atoms with van der Waals surface area (Å²) in [5.41, 5.74) is 8.34. The molecule has 0 saturated carbocycles. The number of carbonyl (C=O) groups excluding carboxylic acids is 2. The summed E-state index contributed by atoms with van der Waals surface area (Å²) in [7, 11) is 0. The lowest BCUT2D eigenvalue weighted by Gasteiger charge is -2.33. The van der Waals surface area contributed by atoms with Gasteiger partial charge in [-0.3, -0.25) is 9.59 Å². The first-order valence-corrected chi connectivity index (χ1v) is 11.0. The molecule has 2 aromatic rings. The SMILES string of the molecule is CC(C)(C)C1CCc2c(sc(NC(=S)NC(=O)Cc3ccccc3)c2C(N)=O)C1. The predicted molar refractivity (Wildman–Crippen MR) is 122 cm³/mol. The van der Waals surface area contributed by atoms with E-state index >= 15 is 0 Å². The third kappa shape index (κ3) is 5.22. The lowest BCUT2D eigenvalue weighted by atomic mass is 9.72. The second-order valence-electron chi connectivity index (χ2n) is 8.54. The molecule has 1 atom stereocenters. The maximum atomic E-state index is 12.3. The summed E-state index contributed by atoms with van der Waals surface area (Å²) in [5.74, 6) is -0.110. The van der Waals surface area contributed by atoms with Gasteiger partial charge in [-0.2, -0.15) is 0 Å². The van der Waals surface area contributed by atoms with E-state index in [0.717, 1.165) is 30.4 Å². The van der Waals surface area contributed by atoms with Crippen LogP contribution < -0.4 is 16.4 Å². The molecule has 1 aromatic carbocycles. The summed E-state index contributed by atoms with van der Waals surface area (Å²) in [5, 5.41) is 6.54. The van der Waals surface area contributed by atoms with Crippen molar-refractivity contribution in [2.24, 2.45) is 17.1 Å². The van der Waals surface area contributed by atoms with Gasteiger partial charge in [0.25, 0.3) is 5.91 Å². The Hall–Kier alpha value is -2.25. The number of hydrogen-bond donors (Lipinski definition) is 3. The topological polar surface area (TPSA) is 84.2 Å². The molecule has 29 heavy (non-hydrogen) atoms. The van der Waals surface area contributed by atoms with Gasteiger partial charge in [-0.15, -0.1) is 11.3 Å². The summed E-state index contributed by atoms with van der Waals surface area (Å²) in [6.07, 6.45) is 3.03. The van der Waals surface area contributed by atoms with Crippen molar-refractivity contribution in [3.63, 3.8) is 0 Å². The molecule has 0 fully saturated rings. The molecule has 0 spiro atoms. The van der Waals surface area contributed by atoms with Crippen LogP contribution in [0.25, 0.3) is 0 Å². The Labute approximate surface area is 181 Å². The molecule has 1 unspecified atom stereocenters. The molecule has 1 aliphatic carbocycles. The van der Waals surface area contributed by atoms with Crippen LogP contribution in [0.3, 0.4) is 0 Å². The average molecular weight is 430 g/mol. The molecule has 0 aliphatic heterocycles. The number of thiocarbonyl (C=S) groups is 1. The predicted octanol–water partition coefficient (Wildman–Crippen LogP) is 4.05. The smallest absolute Gasteiger partial charge is 0.251 e. The number of nitrogens with one attached hydrogen (secondary N) is 2. The first kappa shape index (κ1) is 21.5. The maximum absolute atomic E-state index is 12.3. The van der Waals surface area contributed by atoms with Crippen molar-refractivity contribution < 1.29 is 9.59 Å². The minimum Gasteiger partial charge on any atom is -0.365 e. The third-order valence-corrected chi connectivity index (χ3v) is 6.80. The fraction of sp³-hybridized carbons (Fsp3) is 0.409. The molecular weight excluding hydrogens is 402 g/mol. The fourth-order valence-electron chi connectivity index (χ4n) is 3.76. The second kappa shape index (κ2) is 8.63. The van der Waals surface area contributed by atoms with Gasteiger partial charge in [0.15, 0.2) is 5.11 Å². The molecule has 3 rings (SSSR count). The van der Waals surface area contributed by atoms with Crippen molar-refractivity contribution in [1.82, 2.24) is 5.32 Å². The van der Waals surface area contributed by atoms with Gasteiger partial charge >= 0.3 is 0 Å². The Morgan fingerprint density at radius 2 is 1.93 bits per heavy atom. The summed E-state index contributed by atoms with van der Waals surface area (Å²) < 4.78 is 0. The molecule has 0 radical (unpaired) electrons. The van der Waals surface area contributed by atoms with E-state index in [1.54, 1.807) is 0 Å². The number of nitrogens with two attached hydrogens (primary N) is 1. The van der Waals surface area contributed by atoms with E-state index in [9.17, 15) is 9.59 Å². The number of benzene rings is 1. The number of hydrogen-bond acceptors (Lipinski definition) is 4. The van der Waals surface area contributed by atoms with Gasteiger partial charge in [0, 0.05) is 4.88 Å². The summed E-state index contributed by atoms with van der Waals surface area (Å²) in [4.78, 5) is 25.6. The van der Waals surface area contributed by atoms with Gasteiger partial charge in [0.2, 0.25) is 5.91 Å². The Balaban J connectivity index is 1.72. The summed E-state index contributed by atoms with van der Waals surface area (Å²) >= 11 is 6.83. The van der Waals surface area contributed by atoms with Crippen molar-refractivity contribution in [2.45, 2.75) is 46.5 Å². The molecule has 0 bridgehead atoms. The minimum atomic E-state index is -0.461. The van der Waals surface area contributed by atoms with Crippen molar-refractivity contribution in [1.29, 1.82) is 0 Å². The van der Waals surface area contributed by atoms with Gasteiger partial charge in [0.1, 0.15) is 5.00 Å². The van der Waals surface area contributed by atoms with Gasteiger partial charge < -0.3 is 16.4 Å². The normalized spacial score (nSPS) is 16.0. The van der Waals surface area contributed by atoms with Crippen LogP contribution >= 0.6 is 23.6 Å². The molecule has 154 valence electrons. The van der Waals surface area contributed by atoms with Crippen LogP contribution in [-0.2, 0) is 24.1 Å². The standard InChI is InChI=1S/C22H27N3O2S2/c1-22(2,3)14-9-10-15-16(12-14)29-20(18(15)19(23)27)25-21(28)24-17(26)11-13-7-5-4-6-8-13/h4-8,14H,9-12H2,1-3H3,(H2,23,27)(H2,24,25,26,28). The zero-order valence-corrected chi connectivity index (χ0v) is 18.6. The zero-order valence-electron chi connectivity index (χ0n) is 17.0. The van der Waals surface area contributed by atoms with Crippen LogP contribution in [0.4, 0.5) is 5.00 Å². The number of thiophene rings is 1. The van der Waals surface area contributed by atoms with Gasteiger partial charge in [0.05, 0.1) is 12.0 Å².